The minimum atomic E-state index is 0.608. The van der Waals surface area contributed by atoms with Crippen LogP contribution in [-0.2, 0) is 13.1 Å². The fourth-order valence-electron chi connectivity index (χ4n) is 1.67. The van der Waals surface area contributed by atoms with Gasteiger partial charge in [0, 0.05) is 24.9 Å². The van der Waals surface area contributed by atoms with Gasteiger partial charge in [0.1, 0.15) is 0 Å². The van der Waals surface area contributed by atoms with Crippen molar-refractivity contribution in [2.45, 2.75) is 26.1 Å². The number of nitrogens with two attached hydrogens (primary N) is 1. The molecule has 0 bridgehead atoms. The molecule has 0 aliphatic heterocycles. The molecule has 0 saturated carbocycles. The van der Waals surface area contributed by atoms with Crippen molar-refractivity contribution in [3.05, 3.63) is 35.4 Å². The zero-order valence-electron chi connectivity index (χ0n) is 10.4. The first-order valence-corrected chi connectivity index (χ1v) is 7.03. The summed E-state index contributed by atoms with van der Waals surface area (Å²) in [6, 6.07) is 9.14. The lowest BCUT2D eigenvalue weighted by Gasteiger charge is -2.24. The Bertz CT molecular complexity index is 315. The molecule has 1 aromatic rings. The quantitative estimate of drug-likeness (QED) is 0.825. The molecular weight excluding hydrogens is 216 g/mol. The van der Waals surface area contributed by atoms with E-state index in [1.165, 1.54) is 16.9 Å². The molecule has 0 fully saturated rings. The summed E-state index contributed by atoms with van der Waals surface area (Å²) in [5.74, 6) is 1.17. The van der Waals surface area contributed by atoms with E-state index in [0.29, 0.717) is 12.6 Å². The van der Waals surface area contributed by atoms with Crippen LogP contribution in [-0.4, -0.2) is 30.0 Å². The number of nitrogens with zero attached hydrogens (tertiary/aromatic N) is 1. The molecule has 0 saturated heterocycles. The Kier molecular flexibility index (Phi) is 5.88. The van der Waals surface area contributed by atoms with Gasteiger partial charge in [0.05, 0.1) is 0 Å². The van der Waals surface area contributed by atoms with Gasteiger partial charge in [-0.05, 0) is 31.4 Å². The first-order chi connectivity index (χ1) is 7.67. The lowest BCUT2D eigenvalue weighted by molar-refractivity contribution is 0.269. The third-order valence-corrected chi connectivity index (χ3v) is 3.64. The average molecular weight is 238 g/mol. The molecule has 0 spiro atoms. The van der Waals surface area contributed by atoms with Gasteiger partial charge in [0.25, 0.3) is 0 Å². The molecule has 1 rings (SSSR count). The Labute approximate surface area is 103 Å². The molecule has 2 N–H and O–H groups in total. The molecule has 1 unspecified atom stereocenters. The van der Waals surface area contributed by atoms with Gasteiger partial charge in [0.15, 0.2) is 0 Å². The second-order valence-corrected chi connectivity index (χ2v) is 5.15. The maximum absolute atomic E-state index is 5.64. The van der Waals surface area contributed by atoms with Crippen molar-refractivity contribution in [2.24, 2.45) is 5.73 Å². The third-order valence-electron chi connectivity index (χ3n) is 2.82. The van der Waals surface area contributed by atoms with Gasteiger partial charge < -0.3 is 5.73 Å². The van der Waals surface area contributed by atoms with Crippen molar-refractivity contribution in [3.63, 3.8) is 0 Å². The summed E-state index contributed by atoms with van der Waals surface area (Å²) in [7, 11) is 2.18. The first-order valence-electron chi connectivity index (χ1n) is 5.64. The van der Waals surface area contributed by atoms with Gasteiger partial charge in [-0.2, -0.15) is 11.8 Å². The molecule has 0 amide bonds. The van der Waals surface area contributed by atoms with Crippen LogP contribution in [0.25, 0.3) is 0 Å². The molecule has 0 aromatic heterocycles. The van der Waals surface area contributed by atoms with Crippen LogP contribution >= 0.6 is 11.8 Å². The van der Waals surface area contributed by atoms with Crippen LogP contribution in [0.3, 0.4) is 0 Å². The number of hydrogen-bond donors (Lipinski definition) is 1. The first kappa shape index (κ1) is 13.6. The van der Waals surface area contributed by atoms with E-state index in [1.54, 1.807) is 0 Å². The molecule has 0 radical (unpaired) electrons. The zero-order chi connectivity index (χ0) is 12.0. The van der Waals surface area contributed by atoms with Gasteiger partial charge in [0.2, 0.25) is 0 Å². The summed E-state index contributed by atoms with van der Waals surface area (Å²) in [5.41, 5.74) is 8.20. The van der Waals surface area contributed by atoms with Gasteiger partial charge >= 0.3 is 0 Å². The largest absolute Gasteiger partial charge is 0.326 e. The van der Waals surface area contributed by atoms with Crippen molar-refractivity contribution in [2.75, 3.05) is 19.1 Å². The minimum Gasteiger partial charge on any atom is -0.326 e. The summed E-state index contributed by atoms with van der Waals surface area (Å²) in [6.45, 7) is 3.89. The molecule has 0 heterocycles. The normalized spacial score (nSPS) is 13.1. The summed E-state index contributed by atoms with van der Waals surface area (Å²) in [5, 5.41) is 0. The Morgan fingerprint density at radius 2 is 2.06 bits per heavy atom. The van der Waals surface area contributed by atoms with E-state index >= 15 is 0 Å². The topological polar surface area (TPSA) is 29.3 Å². The second kappa shape index (κ2) is 6.94. The van der Waals surface area contributed by atoms with E-state index < -0.39 is 0 Å². The molecule has 0 aliphatic carbocycles. The molecular formula is C13H22N2S. The van der Waals surface area contributed by atoms with E-state index in [1.807, 2.05) is 11.8 Å². The van der Waals surface area contributed by atoms with Gasteiger partial charge in [-0.3, -0.25) is 4.90 Å². The average Bonchev–Trinajstić information content (AvgIpc) is 2.29. The van der Waals surface area contributed by atoms with E-state index in [2.05, 4.69) is 49.4 Å². The van der Waals surface area contributed by atoms with Gasteiger partial charge in [-0.25, -0.2) is 0 Å². The highest BCUT2D eigenvalue weighted by Gasteiger charge is 2.08. The Morgan fingerprint density at radius 3 is 2.69 bits per heavy atom. The molecule has 1 atom stereocenters. The molecule has 90 valence electrons. The lowest BCUT2D eigenvalue weighted by atomic mass is 10.1. The van der Waals surface area contributed by atoms with Crippen LogP contribution in [0, 0.1) is 0 Å². The van der Waals surface area contributed by atoms with Crippen LogP contribution in [0.4, 0.5) is 0 Å². The Hall–Kier alpha value is -0.510. The third kappa shape index (κ3) is 4.16. The van der Waals surface area contributed by atoms with Gasteiger partial charge in [-0.15, -0.1) is 0 Å². The molecule has 1 aromatic carbocycles. The second-order valence-electron chi connectivity index (χ2n) is 4.24. The van der Waals surface area contributed by atoms with Crippen LogP contribution in [0.2, 0.25) is 0 Å². The highest BCUT2D eigenvalue weighted by Crippen LogP contribution is 2.11. The molecule has 0 aliphatic rings. The van der Waals surface area contributed by atoms with Crippen LogP contribution < -0.4 is 5.73 Å². The predicted octanol–water partition coefficient (Wildman–Crippen LogP) is 2.33. The van der Waals surface area contributed by atoms with Crippen LogP contribution in [0.5, 0.6) is 0 Å². The van der Waals surface area contributed by atoms with Gasteiger partial charge in [-0.1, -0.05) is 24.3 Å². The van der Waals surface area contributed by atoms with E-state index in [9.17, 15) is 0 Å². The van der Waals surface area contributed by atoms with E-state index in [0.717, 1.165) is 6.54 Å². The van der Waals surface area contributed by atoms with Crippen molar-refractivity contribution in [3.8, 4) is 0 Å². The maximum Gasteiger partial charge on any atom is 0.0233 e. The standard InChI is InChI=1S/C13H22N2S/c1-11(10-16-3)15(2)9-13-6-4-5-12(7-13)8-14/h4-7,11H,8-10,14H2,1-3H3. The summed E-state index contributed by atoms with van der Waals surface area (Å²) in [4.78, 5) is 2.38. The monoisotopic (exact) mass is 238 g/mol. The minimum absolute atomic E-state index is 0.608. The lowest BCUT2D eigenvalue weighted by Crippen LogP contribution is -2.30. The summed E-state index contributed by atoms with van der Waals surface area (Å²) >= 11 is 1.89. The highest BCUT2D eigenvalue weighted by atomic mass is 32.2. The fourth-order valence-corrected chi connectivity index (χ4v) is 2.40. The Balaban J connectivity index is 2.58. The van der Waals surface area contributed by atoms with Crippen molar-refractivity contribution in [1.29, 1.82) is 0 Å². The zero-order valence-corrected chi connectivity index (χ0v) is 11.3. The number of rotatable bonds is 6. The molecule has 3 heteroatoms. The number of thioether (sulfide) groups is 1. The van der Waals surface area contributed by atoms with E-state index in [4.69, 9.17) is 5.73 Å². The summed E-state index contributed by atoms with van der Waals surface area (Å²) < 4.78 is 0. The fraction of sp³-hybridized carbons (Fsp3) is 0.538. The SMILES string of the molecule is CSCC(C)N(C)Cc1cccc(CN)c1. The smallest absolute Gasteiger partial charge is 0.0233 e. The number of hydrogen-bond acceptors (Lipinski definition) is 3. The molecule has 2 nitrogen and oxygen atoms in total. The van der Waals surface area contributed by atoms with Crippen LogP contribution in [0.15, 0.2) is 24.3 Å². The van der Waals surface area contributed by atoms with Crippen molar-refractivity contribution >= 4 is 11.8 Å². The molecule has 16 heavy (non-hydrogen) atoms. The van der Waals surface area contributed by atoms with Crippen molar-refractivity contribution in [1.82, 2.24) is 4.90 Å². The van der Waals surface area contributed by atoms with E-state index in [-0.39, 0.29) is 0 Å². The number of benzene rings is 1. The highest BCUT2D eigenvalue weighted by molar-refractivity contribution is 7.98. The maximum atomic E-state index is 5.64. The predicted molar refractivity (Wildman–Crippen MR) is 73.6 cm³/mol. The summed E-state index contributed by atoms with van der Waals surface area (Å²) in [6.07, 6.45) is 2.15. The Morgan fingerprint density at radius 1 is 1.38 bits per heavy atom. The van der Waals surface area contributed by atoms with Crippen molar-refractivity contribution < 1.29 is 0 Å². The van der Waals surface area contributed by atoms with Crippen LogP contribution in [0.1, 0.15) is 18.1 Å².